The van der Waals surface area contributed by atoms with Gasteiger partial charge in [-0.15, -0.1) is 0 Å². The van der Waals surface area contributed by atoms with Crippen LogP contribution in [0.2, 0.25) is 0 Å². The average molecular weight is 428 g/mol. The molecule has 1 N–H and O–H groups in total. The lowest BCUT2D eigenvalue weighted by molar-refractivity contribution is -0.122. The Bertz CT molecular complexity index is 744. The van der Waals surface area contributed by atoms with Crippen LogP contribution in [0.3, 0.4) is 0 Å². The summed E-state index contributed by atoms with van der Waals surface area (Å²) in [4.78, 5) is 10.6. The quantitative estimate of drug-likeness (QED) is 0.690. The van der Waals surface area contributed by atoms with Crippen molar-refractivity contribution in [1.29, 1.82) is 0 Å². The van der Waals surface area contributed by atoms with Crippen LogP contribution in [-0.2, 0) is 26.3 Å². The number of carbonyl (C=O) groups is 1. The smallest absolute Gasteiger partial charge is 0.290 e. The third kappa shape index (κ3) is 5.76. The van der Waals surface area contributed by atoms with Crippen LogP contribution in [0.5, 0.6) is 0 Å². The number of likely N-dealkylation sites (N-methyl/N-ethyl adjacent to an activating group) is 1. The lowest BCUT2D eigenvalue weighted by Crippen LogP contribution is -2.47. The van der Waals surface area contributed by atoms with Crippen molar-refractivity contribution in [3.63, 3.8) is 0 Å². The number of ether oxygens (including phenoxy) is 1. The molecule has 29 heavy (non-hydrogen) atoms. The Kier molecular flexibility index (Phi) is 8.59. The van der Waals surface area contributed by atoms with E-state index in [1.54, 1.807) is 18.5 Å². The van der Waals surface area contributed by atoms with E-state index in [2.05, 4.69) is 19.0 Å². The van der Waals surface area contributed by atoms with Gasteiger partial charge in [-0.2, -0.15) is 17.0 Å². The molecule has 0 aromatic heterocycles. The number of carboxylic acid groups (broad SMARTS) is 1. The number of rotatable bonds is 6. The van der Waals surface area contributed by atoms with E-state index >= 15 is 0 Å². The van der Waals surface area contributed by atoms with E-state index in [9.17, 15) is 8.42 Å². The van der Waals surface area contributed by atoms with Crippen LogP contribution in [0.15, 0.2) is 30.3 Å². The molecule has 1 saturated carbocycles. The summed E-state index contributed by atoms with van der Waals surface area (Å²) in [6.07, 6.45) is 2.10. The molecule has 2 aliphatic rings. The fourth-order valence-corrected chi connectivity index (χ4v) is 5.92. The highest BCUT2D eigenvalue weighted by Gasteiger charge is 2.46. The van der Waals surface area contributed by atoms with E-state index in [1.807, 2.05) is 30.3 Å². The minimum Gasteiger partial charge on any atom is -0.483 e. The Morgan fingerprint density at radius 3 is 2.21 bits per heavy atom. The van der Waals surface area contributed by atoms with Crippen molar-refractivity contribution in [2.75, 3.05) is 41.3 Å². The van der Waals surface area contributed by atoms with E-state index in [0.29, 0.717) is 37.5 Å². The summed E-state index contributed by atoms with van der Waals surface area (Å²) >= 11 is 0. The number of nitrogens with zero attached hydrogens (tertiary/aromatic N) is 3. The molecule has 1 heterocycles. The van der Waals surface area contributed by atoms with Crippen molar-refractivity contribution >= 4 is 16.7 Å². The van der Waals surface area contributed by atoms with Crippen molar-refractivity contribution < 1.29 is 23.1 Å². The highest BCUT2D eigenvalue weighted by atomic mass is 32.2. The second-order valence-electron chi connectivity index (χ2n) is 7.97. The van der Waals surface area contributed by atoms with Gasteiger partial charge in [0.2, 0.25) is 0 Å². The van der Waals surface area contributed by atoms with E-state index in [0.717, 1.165) is 18.4 Å². The fourth-order valence-electron chi connectivity index (χ4n) is 4.45. The number of benzene rings is 1. The normalized spacial score (nSPS) is 27.4. The second kappa shape index (κ2) is 10.5. The van der Waals surface area contributed by atoms with Crippen molar-refractivity contribution in [2.45, 2.75) is 31.5 Å². The summed E-state index contributed by atoms with van der Waals surface area (Å²) in [6, 6.07) is 10.1. The van der Waals surface area contributed by atoms with Crippen LogP contribution in [0, 0.1) is 11.8 Å². The zero-order chi connectivity index (χ0) is 21.6. The summed E-state index contributed by atoms with van der Waals surface area (Å²) in [7, 11) is 4.14. The van der Waals surface area contributed by atoms with Gasteiger partial charge < -0.3 is 14.7 Å². The second-order valence-corrected chi connectivity index (χ2v) is 10.0. The third-order valence-electron chi connectivity index (χ3n) is 5.99. The summed E-state index contributed by atoms with van der Waals surface area (Å²) in [5.74, 6) is 0.796. The van der Waals surface area contributed by atoms with Gasteiger partial charge in [0, 0.05) is 39.8 Å². The molecule has 2 fully saturated rings. The standard InChI is InChI=1S/C19H31N3O3S.CH2O2/c1-20(2)18-10-16-13-22(14-17(16)11-19(18)25-4)26(23,24)21(3)12-15-8-6-5-7-9-15;2-1-3/h5-9,16-19H,10-14H2,1-4H3;1H,(H,2,3)/t16-,17+,18-,19-;/m1./s1. The molecule has 164 valence electrons. The largest absolute Gasteiger partial charge is 0.483 e. The Labute approximate surface area is 174 Å². The molecule has 4 atom stereocenters. The minimum absolute atomic E-state index is 0.177. The Morgan fingerprint density at radius 1 is 1.14 bits per heavy atom. The Hall–Kier alpha value is -1.52. The lowest BCUT2D eigenvalue weighted by atomic mass is 9.77. The SMILES string of the molecule is CO[C@@H]1C[C@H]2CN(S(=O)(=O)N(C)Cc3ccccc3)C[C@H]2C[C@H]1N(C)C.O=CO. The molecule has 1 aromatic rings. The van der Waals surface area contributed by atoms with E-state index in [4.69, 9.17) is 14.6 Å². The Morgan fingerprint density at radius 2 is 1.69 bits per heavy atom. The summed E-state index contributed by atoms with van der Waals surface area (Å²) in [5.41, 5.74) is 1.00. The molecule has 3 rings (SSSR count). The molecule has 0 unspecified atom stereocenters. The molecular formula is C20H33N3O5S. The van der Waals surface area contributed by atoms with Crippen LogP contribution in [0.1, 0.15) is 18.4 Å². The summed E-state index contributed by atoms with van der Waals surface area (Å²) < 4.78 is 35.0. The van der Waals surface area contributed by atoms with Gasteiger partial charge in [0.25, 0.3) is 16.7 Å². The molecule has 0 radical (unpaired) electrons. The van der Waals surface area contributed by atoms with Crippen molar-refractivity contribution in [1.82, 2.24) is 13.5 Å². The molecule has 0 spiro atoms. The first-order valence-corrected chi connectivity index (χ1v) is 11.2. The van der Waals surface area contributed by atoms with E-state index < -0.39 is 10.2 Å². The van der Waals surface area contributed by atoms with Gasteiger partial charge in [0.15, 0.2) is 0 Å². The maximum atomic E-state index is 13.1. The van der Waals surface area contributed by atoms with E-state index in [1.165, 1.54) is 4.31 Å². The van der Waals surface area contributed by atoms with Crippen LogP contribution < -0.4 is 0 Å². The van der Waals surface area contributed by atoms with Gasteiger partial charge in [0.05, 0.1) is 6.10 Å². The number of hydrogen-bond acceptors (Lipinski definition) is 5. The molecule has 1 aromatic carbocycles. The number of fused-ring (bicyclic) bond motifs is 1. The number of methoxy groups -OCH3 is 1. The third-order valence-corrected chi connectivity index (χ3v) is 7.85. The van der Waals surface area contributed by atoms with Crippen LogP contribution >= 0.6 is 0 Å². The van der Waals surface area contributed by atoms with Crippen molar-refractivity contribution in [3.8, 4) is 0 Å². The van der Waals surface area contributed by atoms with Crippen molar-refractivity contribution in [2.24, 2.45) is 11.8 Å². The molecule has 8 nitrogen and oxygen atoms in total. The molecule has 0 bridgehead atoms. The first-order valence-electron chi connectivity index (χ1n) is 9.77. The molecule has 1 saturated heterocycles. The van der Waals surface area contributed by atoms with Gasteiger partial charge in [-0.25, -0.2) is 0 Å². The van der Waals surface area contributed by atoms with Gasteiger partial charge in [0.1, 0.15) is 0 Å². The van der Waals surface area contributed by atoms with E-state index in [-0.39, 0.29) is 12.6 Å². The molecule has 1 aliphatic carbocycles. The average Bonchev–Trinajstić information content (AvgIpc) is 3.12. The fraction of sp³-hybridized carbons (Fsp3) is 0.650. The zero-order valence-electron chi connectivity index (χ0n) is 17.6. The van der Waals surface area contributed by atoms with Gasteiger partial charge in [-0.05, 0) is 44.3 Å². The maximum absolute atomic E-state index is 13.1. The first kappa shape index (κ1) is 23.8. The highest BCUT2D eigenvalue weighted by molar-refractivity contribution is 7.86. The summed E-state index contributed by atoms with van der Waals surface area (Å²) in [6.45, 7) is 1.37. The van der Waals surface area contributed by atoms with Gasteiger partial charge >= 0.3 is 0 Å². The predicted molar refractivity (Wildman–Crippen MR) is 112 cm³/mol. The van der Waals surface area contributed by atoms with Crippen LogP contribution in [0.25, 0.3) is 0 Å². The lowest BCUT2D eigenvalue weighted by Gasteiger charge is -2.40. The summed E-state index contributed by atoms with van der Waals surface area (Å²) in [5, 5.41) is 6.89. The minimum atomic E-state index is -3.44. The van der Waals surface area contributed by atoms with Gasteiger partial charge in [-0.1, -0.05) is 30.3 Å². The molecule has 1 aliphatic heterocycles. The number of hydrogen-bond donors (Lipinski definition) is 1. The van der Waals surface area contributed by atoms with Gasteiger partial charge in [-0.3, -0.25) is 4.79 Å². The first-order chi connectivity index (χ1) is 13.7. The zero-order valence-corrected chi connectivity index (χ0v) is 18.5. The predicted octanol–water partition coefficient (Wildman–Crippen LogP) is 1.35. The maximum Gasteiger partial charge on any atom is 0.290 e. The molecular weight excluding hydrogens is 394 g/mol. The Balaban J connectivity index is 0.000000941. The van der Waals surface area contributed by atoms with Crippen molar-refractivity contribution in [3.05, 3.63) is 35.9 Å². The topological polar surface area (TPSA) is 90.4 Å². The monoisotopic (exact) mass is 427 g/mol. The highest BCUT2D eigenvalue weighted by Crippen LogP contribution is 2.40. The molecule has 9 heteroatoms. The molecule has 0 amide bonds. The van der Waals surface area contributed by atoms with Crippen LogP contribution in [-0.4, -0.2) is 87.0 Å². The van der Waals surface area contributed by atoms with Crippen LogP contribution in [0.4, 0.5) is 0 Å².